The van der Waals surface area contributed by atoms with Crippen LogP contribution in [0.25, 0.3) is 0 Å². The summed E-state index contributed by atoms with van der Waals surface area (Å²) in [6.45, 7) is 6.08. The number of amides is 1. The lowest BCUT2D eigenvalue weighted by atomic mass is 10.0. The molecule has 31 heavy (non-hydrogen) atoms. The average molecular weight is 454 g/mol. The van der Waals surface area contributed by atoms with Gasteiger partial charge in [0.15, 0.2) is 0 Å². The number of unbranched alkanes of at least 4 members (excludes halogenated alkanes) is 1. The second-order valence-electron chi connectivity index (χ2n) is 7.45. The molecule has 172 valence electrons. The fourth-order valence-corrected chi connectivity index (χ4v) is 4.04. The van der Waals surface area contributed by atoms with Crippen molar-refractivity contribution in [3.8, 4) is 5.75 Å². The average Bonchev–Trinajstić information content (AvgIpc) is 3.16. The van der Waals surface area contributed by atoms with Crippen LogP contribution in [0.2, 0.25) is 0 Å². The molecule has 1 aromatic heterocycles. The molecule has 0 fully saturated rings. The van der Waals surface area contributed by atoms with E-state index in [9.17, 15) is 9.59 Å². The third-order valence-electron chi connectivity index (χ3n) is 4.71. The molecule has 10 heteroatoms. The predicted octanol–water partition coefficient (Wildman–Crippen LogP) is 2.67. The third-order valence-corrected chi connectivity index (χ3v) is 6.07. The lowest BCUT2D eigenvalue weighted by Gasteiger charge is -2.24. The first-order valence-corrected chi connectivity index (χ1v) is 11.3. The molecule has 1 amide bonds. The molecule has 1 aliphatic heterocycles. The lowest BCUT2D eigenvalue weighted by molar-refractivity contribution is -0.125. The van der Waals surface area contributed by atoms with Crippen molar-refractivity contribution < 1.29 is 23.9 Å². The van der Waals surface area contributed by atoms with E-state index in [0.717, 1.165) is 6.42 Å². The van der Waals surface area contributed by atoms with Crippen LogP contribution in [0, 0.1) is 0 Å². The van der Waals surface area contributed by atoms with Crippen LogP contribution in [0.5, 0.6) is 5.75 Å². The van der Waals surface area contributed by atoms with E-state index in [-0.39, 0.29) is 12.5 Å². The van der Waals surface area contributed by atoms with Crippen LogP contribution in [0.3, 0.4) is 0 Å². The molecule has 0 aromatic carbocycles. The van der Waals surface area contributed by atoms with E-state index >= 15 is 0 Å². The van der Waals surface area contributed by atoms with Gasteiger partial charge in [-0.05, 0) is 33.1 Å². The number of oxime groups is 1. The van der Waals surface area contributed by atoms with E-state index in [2.05, 4.69) is 15.5 Å². The van der Waals surface area contributed by atoms with E-state index in [4.69, 9.17) is 19.1 Å². The van der Waals surface area contributed by atoms with Gasteiger partial charge in [0.1, 0.15) is 34.4 Å². The Balaban J connectivity index is 2.10. The monoisotopic (exact) mass is 453 g/mol. The number of aliphatic hydroxyl groups is 1. The second-order valence-corrected chi connectivity index (χ2v) is 8.42. The molecule has 0 bridgehead atoms. The maximum Gasteiger partial charge on any atom is 0.339 e. The molecule has 0 radical (unpaired) electrons. The first kappa shape index (κ1) is 24.9. The lowest BCUT2D eigenvalue weighted by Crippen LogP contribution is -2.45. The van der Waals surface area contributed by atoms with Crippen LogP contribution in [0.4, 0.5) is 0 Å². The fourth-order valence-electron chi connectivity index (χ4n) is 2.91. The number of hydrogen-bond donors (Lipinski definition) is 2. The smallest absolute Gasteiger partial charge is 0.339 e. The summed E-state index contributed by atoms with van der Waals surface area (Å²) in [5, 5.41) is 16.5. The van der Waals surface area contributed by atoms with Crippen molar-refractivity contribution in [1.29, 1.82) is 0 Å². The van der Waals surface area contributed by atoms with E-state index < -0.39 is 17.2 Å². The normalized spacial score (nSPS) is 19.6. The molecular weight excluding hydrogens is 422 g/mol. The zero-order valence-electron chi connectivity index (χ0n) is 18.5. The van der Waals surface area contributed by atoms with Gasteiger partial charge in [0.2, 0.25) is 5.91 Å². The van der Waals surface area contributed by atoms with Crippen LogP contribution in [-0.2, 0) is 9.63 Å². The Labute approximate surface area is 186 Å². The highest BCUT2D eigenvalue weighted by atomic mass is 32.2. The van der Waals surface area contributed by atoms with Crippen molar-refractivity contribution in [2.24, 2.45) is 10.1 Å². The molecule has 2 atom stereocenters. The predicted molar refractivity (Wildman–Crippen MR) is 121 cm³/mol. The number of thioether (sulfide) groups is 1. The van der Waals surface area contributed by atoms with Crippen molar-refractivity contribution in [2.45, 2.75) is 58.0 Å². The van der Waals surface area contributed by atoms with E-state index in [1.54, 1.807) is 19.9 Å². The van der Waals surface area contributed by atoms with Crippen LogP contribution in [0.15, 0.2) is 31.5 Å². The number of carbonyl (C=O) groups excluding carboxylic acids is 1. The van der Waals surface area contributed by atoms with Gasteiger partial charge in [-0.3, -0.25) is 9.79 Å². The van der Waals surface area contributed by atoms with Crippen molar-refractivity contribution in [1.82, 2.24) is 5.32 Å². The Hall–Kier alpha value is -2.33. The van der Waals surface area contributed by atoms with Gasteiger partial charge in [0, 0.05) is 18.4 Å². The molecule has 2 heterocycles. The molecule has 0 saturated carbocycles. The number of nitrogens with zero attached hydrogens (tertiary/aromatic N) is 2. The standard InChI is InChI=1S/C21H31N3O6S/c1-5-8-16(17-11-15(28-4)12-18(26)30-17)22-20(27)21(3)13-31-19(23-21)14(2)24-29-10-7-6-9-25/h11-12,16,25H,5-10,13H2,1-4H3,(H,22,27)/b24-14+/t16-,21+/m1/s1. The minimum absolute atomic E-state index is 0.125. The second kappa shape index (κ2) is 11.9. The molecule has 0 aliphatic carbocycles. The fraction of sp³-hybridized carbons (Fsp3) is 0.619. The van der Waals surface area contributed by atoms with Crippen LogP contribution >= 0.6 is 11.8 Å². The Morgan fingerprint density at radius 2 is 2.23 bits per heavy atom. The van der Waals surface area contributed by atoms with Crippen LogP contribution < -0.4 is 15.7 Å². The number of rotatable bonds is 12. The molecule has 0 spiro atoms. The minimum Gasteiger partial charge on any atom is -0.496 e. The highest BCUT2D eigenvalue weighted by Crippen LogP contribution is 2.30. The topological polar surface area (TPSA) is 123 Å². The largest absolute Gasteiger partial charge is 0.496 e. The Morgan fingerprint density at radius 1 is 1.45 bits per heavy atom. The van der Waals surface area contributed by atoms with Gasteiger partial charge in [-0.1, -0.05) is 18.5 Å². The molecule has 9 nitrogen and oxygen atoms in total. The summed E-state index contributed by atoms with van der Waals surface area (Å²) in [6, 6.07) is 2.41. The molecule has 2 rings (SSSR count). The summed E-state index contributed by atoms with van der Waals surface area (Å²) in [5.41, 5.74) is -0.897. The maximum atomic E-state index is 13.1. The van der Waals surface area contributed by atoms with Gasteiger partial charge in [-0.15, -0.1) is 11.8 Å². The number of ether oxygens (including phenoxy) is 1. The summed E-state index contributed by atoms with van der Waals surface area (Å²) < 4.78 is 10.5. The van der Waals surface area contributed by atoms with Crippen molar-refractivity contribution in [3.05, 3.63) is 28.3 Å². The van der Waals surface area contributed by atoms with Gasteiger partial charge in [-0.2, -0.15) is 0 Å². The van der Waals surface area contributed by atoms with E-state index in [1.165, 1.54) is 24.9 Å². The summed E-state index contributed by atoms with van der Waals surface area (Å²) in [5.74, 6) is 0.949. The van der Waals surface area contributed by atoms with Crippen molar-refractivity contribution in [3.63, 3.8) is 0 Å². The van der Waals surface area contributed by atoms with Crippen LogP contribution in [0.1, 0.15) is 58.3 Å². The van der Waals surface area contributed by atoms with Crippen molar-refractivity contribution >= 4 is 28.4 Å². The van der Waals surface area contributed by atoms with Crippen molar-refractivity contribution in [2.75, 3.05) is 26.1 Å². The Bertz CT molecular complexity index is 869. The van der Waals surface area contributed by atoms with Crippen LogP contribution in [-0.4, -0.2) is 53.4 Å². The minimum atomic E-state index is -0.973. The number of nitrogens with one attached hydrogen (secondary N) is 1. The molecular formula is C21H31N3O6S. The number of aliphatic hydroxyl groups excluding tert-OH is 1. The zero-order valence-corrected chi connectivity index (χ0v) is 19.3. The SMILES string of the molecule is CCC[C@@H](NC(=O)[C@]1(C)CSC(/C(C)=N/OCCCCO)=N1)c1cc(OC)cc(=O)o1. The molecule has 0 unspecified atom stereocenters. The van der Waals surface area contributed by atoms with Gasteiger partial charge < -0.3 is 24.4 Å². The Morgan fingerprint density at radius 3 is 2.90 bits per heavy atom. The summed E-state index contributed by atoms with van der Waals surface area (Å²) >= 11 is 1.44. The molecule has 1 aliphatic rings. The maximum absolute atomic E-state index is 13.1. The zero-order chi connectivity index (χ0) is 22.9. The van der Waals surface area contributed by atoms with Gasteiger partial charge in [-0.25, -0.2) is 4.79 Å². The third kappa shape index (κ3) is 7.10. The highest BCUT2D eigenvalue weighted by molar-refractivity contribution is 8.16. The number of hydrogen-bond acceptors (Lipinski definition) is 9. The number of aliphatic imine (C=N–C) groups is 1. The quantitative estimate of drug-likeness (QED) is 0.283. The van der Waals surface area contributed by atoms with E-state index in [0.29, 0.717) is 53.9 Å². The first-order chi connectivity index (χ1) is 14.8. The molecule has 2 N–H and O–H groups in total. The summed E-state index contributed by atoms with van der Waals surface area (Å²) in [4.78, 5) is 34.8. The molecule has 1 aromatic rings. The first-order valence-electron chi connectivity index (χ1n) is 10.3. The summed E-state index contributed by atoms with van der Waals surface area (Å²) in [6.07, 6.45) is 2.76. The number of carbonyl (C=O) groups is 1. The van der Waals surface area contributed by atoms with Gasteiger partial charge >= 0.3 is 5.63 Å². The van der Waals surface area contributed by atoms with Gasteiger partial charge in [0.25, 0.3) is 0 Å². The summed E-state index contributed by atoms with van der Waals surface area (Å²) in [7, 11) is 1.47. The van der Waals surface area contributed by atoms with Gasteiger partial charge in [0.05, 0.1) is 19.2 Å². The molecule has 0 saturated heterocycles. The highest BCUT2D eigenvalue weighted by Gasteiger charge is 2.40. The number of methoxy groups -OCH3 is 1. The Kier molecular flexibility index (Phi) is 9.57. The van der Waals surface area contributed by atoms with E-state index in [1.807, 2.05) is 6.92 Å².